The standard InChI is InChI=1S/C43H36N4O5S2/c1-2-52-38(48)27-35-28-53-43(45-35)47-42(51)39(32-14-8-4-9-15-32)54-36-24-22-34(23-25-36)44-41(50)37(46-40(49)33-16-10-5-11-17-33)26-29-18-20-31(21-19-29)30-12-6-3-7-13-30/h3-26,28,39H,2,27H2,1H3,(H,44,50)(H,46,49)(H,45,47,51)/b37-26-. The Kier molecular flexibility index (Phi) is 12.8. The molecule has 0 spiro atoms. The molecule has 1 heterocycles. The van der Waals surface area contributed by atoms with Crippen molar-refractivity contribution in [3.05, 3.63) is 173 Å². The van der Waals surface area contributed by atoms with Crippen molar-refractivity contribution < 1.29 is 23.9 Å². The first-order chi connectivity index (χ1) is 26.3. The minimum Gasteiger partial charge on any atom is -0.466 e. The smallest absolute Gasteiger partial charge is 0.311 e. The van der Waals surface area contributed by atoms with E-state index in [-0.39, 0.29) is 30.6 Å². The minimum atomic E-state index is -0.625. The molecular weight excluding hydrogens is 717 g/mol. The SMILES string of the molecule is CCOC(=O)Cc1csc(NC(=O)C(Sc2ccc(NC(=O)/C(=C/c3ccc(-c4ccccc4)cc3)NC(=O)c3ccccc3)cc2)c2ccccc2)n1. The molecule has 1 unspecified atom stereocenters. The Balaban J connectivity index is 1.17. The minimum absolute atomic E-state index is 0.0263. The second kappa shape index (κ2) is 18.5. The highest BCUT2D eigenvalue weighted by Crippen LogP contribution is 2.37. The predicted octanol–water partition coefficient (Wildman–Crippen LogP) is 8.80. The van der Waals surface area contributed by atoms with Crippen molar-refractivity contribution in [3.63, 3.8) is 0 Å². The molecule has 54 heavy (non-hydrogen) atoms. The van der Waals surface area contributed by atoms with E-state index in [0.717, 1.165) is 27.1 Å². The number of hydrogen-bond acceptors (Lipinski definition) is 8. The van der Waals surface area contributed by atoms with Crippen molar-refractivity contribution in [1.29, 1.82) is 0 Å². The van der Waals surface area contributed by atoms with Crippen LogP contribution in [0.2, 0.25) is 0 Å². The lowest BCUT2D eigenvalue weighted by molar-refractivity contribution is -0.142. The average molecular weight is 753 g/mol. The third-order valence-electron chi connectivity index (χ3n) is 7.98. The van der Waals surface area contributed by atoms with E-state index in [2.05, 4.69) is 20.9 Å². The van der Waals surface area contributed by atoms with Gasteiger partial charge in [-0.2, -0.15) is 0 Å². The lowest BCUT2D eigenvalue weighted by Crippen LogP contribution is -2.30. The topological polar surface area (TPSA) is 126 Å². The molecule has 0 saturated heterocycles. The number of nitrogens with one attached hydrogen (secondary N) is 3. The van der Waals surface area contributed by atoms with Gasteiger partial charge in [-0.25, -0.2) is 4.98 Å². The number of benzene rings is 5. The van der Waals surface area contributed by atoms with Gasteiger partial charge < -0.3 is 20.7 Å². The number of carbonyl (C=O) groups is 4. The first-order valence-corrected chi connectivity index (χ1v) is 18.9. The third kappa shape index (κ3) is 10.4. The molecule has 0 fully saturated rings. The summed E-state index contributed by atoms with van der Waals surface area (Å²) in [5.41, 5.74) is 5.14. The molecule has 3 N–H and O–H groups in total. The lowest BCUT2D eigenvalue weighted by Gasteiger charge is -2.17. The van der Waals surface area contributed by atoms with E-state index in [9.17, 15) is 19.2 Å². The van der Waals surface area contributed by atoms with Crippen molar-refractivity contribution in [2.75, 3.05) is 17.2 Å². The number of aromatic nitrogens is 1. The number of thiazole rings is 1. The summed E-state index contributed by atoms with van der Waals surface area (Å²) < 4.78 is 5.00. The lowest BCUT2D eigenvalue weighted by atomic mass is 10.0. The first-order valence-electron chi connectivity index (χ1n) is 17.1. The van der Waals surface area contributed by atoms with Crippen LogP contribution >= 0.6 is 23.1 Å². The molecule has 0 bridgehead atoms. The molecule has 1 atom stereocenters. The number of thioether (sulfide) groups is 1. The zero-order valence-electron chi connectivity index (χ0n) is 29.2. The maximum absolute atomic E-state index is 13.7. The van der Waals surface area contributed by atoms with Crippen LogP contribution in [-0.2, 0) is 25.5 Å². The van der Waals surface area contributed by atoms with Crippen LogP contribution < -0.4 is 16.0 Å². The van der Waals surface area contributed by atoms with E-state index in [1.54, 1.807) is 54.8 Å². The van der Waals surface area contributed by atoms with Crippen LogP contribution in [0.3, 0.4) is 0 Å². The van der Waals surface area contributed by atoms with Gasteiger partial charge in [-0.15, -0.1) is 23.1 Å². The number of esters is 1. The van der Waals surface area contributed by atoms with Gasteiger partial charge in [0.25, 0.3) is 11.8 Å². The fourth-order valence-corrected chi connectivity index (χ4v) is 7.08. The number of hydrogen-bond donors (Lipinski definition) is 3. The number of anilines is 2. The number of nitrogens with zero attached hydrogens (tertiary/aromatic N) is 1. The second-order valence-electron chi connectivity index (χ2n) is 11.9. The van der Waals surface area contributed by atoms with Crippen molar-refractivity contribution in [2.45, 2.75) is 23.5 Å². The van der Waals surface area contributed by atoms with E-state index in [1.807, 2.05) is 103 Å². The van der Waals surface area contributed by atoms with Gasteiger partial charge in [0.2, 0.25) is 5.91 Å². The highest BCUT2D eigenvalue weighted by molar-refractivity contribution is 8.00. The monoisotopic (exact) mass is 752 g/mol. The summed E-state index contributed by atoms with van der Waals surface area (Å²) in [5, 5.41) is 10.1. The molecule has 1 aromatic heterocycles. The van der Waals surface area contributed by atoms with Crippen LogP contribution in [0.5, 0.6) is 0 Å². The highest BCUT2D eigenvalue weighted by Gasteiger charge is 2.24. The molecule has 270 valence electrons. The zero-order chi connectivity index (χ0) is 37.7. The molecule has 0 aliphatic rings. The van der Waals surface area contributed by atoms with Crippen LogP contribution in [0.15, 0.2) is 155 Å². The van der Waals surface area contributed by atoms with Gasteiger partial charge >= 0.3 is 5.97 Å². The number of ether oxygens (including phenoxy) is 1. The Bertz CT molecular complexity index is 2230. The summed E-state index contributed by atoms with van der Waals surface area (Å²) in [6.07, 6.45) is 1.67. The van der Waals surface area contributed by atoms with Crippen molar-refractivity contribution in [3.8, 4) is 11.1 Å². The van der Waals surface area contributed by atoms with Crippen LogP contribution in [0.4, 0.5) is 10.8 Å². The van der Waals surface area contributed by atoms with Gasteiger partial charge in [0, 0.05) is 21.5 Å². The molecule has 0 aliphatic heterocycles. The second-order valence-corrected chi connectivity index (χ2v) is 13.9. The molecule has 0 radical (unpaired) electrons. The molecule has 0 saturated carbocycles. The van der Waals surface area contributed by atoms with Crippen molar-refractivity contribution >= 4 is 63.7 Å². The van der Waals surface area contributed by atoms with Crippen molar-refractivity contribution in [2.24, 2.45) is 0 Å². The fraction of sp³-hybridized carbons (Fsp3) is 0.0930. The van der Waals surface area contributed by atoms with Gasteiger partial charge in [0.1, 0.15) is 10.9 Å². The largest absolute Gasteiger partial charge is 0.466 e. The normalized spacial score (nSPS) is 11.6. The van der Waals surface area contributed by atoms with E-state index in [4.69, 9.17) is 4.74 Å². The van der Waals surface area contributed by atoms with E-state index in [1.165, 1.54) is 23.1 Å². The summed E-state index contributed by atoms with van der Waals surface area (Å²) in [6.45, 7) is 2.03. The maximum Gasteiger partial charge on any atom is 0.311 e. The zero-order valence-corrected chi connectivity index (χ0v) is 30.9. The summed E-state index contributed by atoms with van der Waals surface area (Å²) in [6, 6.07) is 42.9. The summed E-state index contributed by atoms with van der Waals surface area (Å²) in [4.78, 5) is 57.5. The van der Waals surface area contributed by atoms with Gasteiger partial charge in [0.15, 0.2) is 5.13 Å². The Labute approximate surface area is 321 Å². The molecular formula is C43H36N4O5S2. The van der Waals surface area contributed by atoms with Gasteiger partial charge in [-0.1, -0.05) is 103 Å². The third-order valence-corrected chi connectivity index (χ3v) is 10.0. The van der Waals surface area contributed by atoms with Crippen LogP contribution in [0, 0.1) is 0 Å². The quantitative estimate of drug-likeness (QED) is 0.0577. The number of carbonyl (C=O) groups excluding carboxylic acids is 4. The Morgan fingerprint density at radius 2 is 1.39 bits per heavy atom. The Morgan fingerprint density at radius 1 is 0.759 bits per heavy atom. The predicted molar refractivity (Wildman–Crippen MR) is 215 cm³/mol. The molecule has 9 nitrogen and oxygen atoms in total. The maximum atomic E-state index is 13.7. The average Bonchev–Trinajstić information content (AvgIpc) is 3.64. The fourth-order valence-electron chi connectivity index (χ4n) is 5.34. The van der Waals surface area contributed by atoms with E-state index in [0.29, 0.717) is 22.1 Å². The highest BCUT2D eigenvalue weighted by atomic mass is 32.2. The summed E-state index contributed by atoms with van der Waals surface area (Å²) in [5.74, 6) is -1.57. The van der Waals surface area contributed by atoms with Crippen LogP contribution in [0.1, 0.15) is 39.4 Å². The first kappa shape index (κ1) is 37.5. The Morgan fingerprint density at radius 3 is 2.06 bits per heavy atom. The summed E-state index contributed by atoms with van der Waals surface area (Å²) >= 11 is 2.58. The van der Waals surface area contributed by atoms with Crippen LogP contribution in [-0.4, -0.2) is 35.3 Å². The van der Waals surface area contributed by atoms with Gasteiger partial charge in [-0.3, -0.25) is 19.2 Å². The summed E-state index contributed by atoms with van der Waals surface area (Å²) in [7, 11) is 0. The van der Waals surface area contributed by atoms with Crippen molar-refractivity contribution in [1.82, 2.24) is 10.3 Å². The van der Waals surface area contributed by atoms with Gasteiger partial charge in [-0.05, 0) is 71.7 Å². The molecule has 0 aliphatic carbocycles. The number of rotatable bonds is 14. The number of amides is 3. The van der Waals surface area contributed by atoms with E-state index < -0.39 is 17.1 Å². The molecule has 5 aromatic carbocycles. The molecule has 6 aromatic rings. The Hall–Kier alpha value is -6.30. The molecule has 6 rings (SSSR count). The molecule has 3 amide bonds. The molecule has 11 heteroatoms. The van der Waals surface area contributed by atoms with Crippen LogP contribution in [0.25, 0.3) is 17.2 Å². The van der Waals surface area contributed by atoms with Gasteiger partial charge in [0.05, 0.1) is 18.7 Å². The van der Waals surface area contributed by atoms with E-state index >= 15 is 0 Å².